The first-order valence-electron chi connectivity index (χ1n) is 10.1. The van der Waals surface area contributed by atoms with Crippen molar-refractivity contribution in [2.45, 2.75) is 83.4 Å². The molecule has 0 amide bonds. The second-order valence-electron chi connectivity index (χ2n) is 8.22. The molecular weight excluding hydrogens is 343 g/mol. The topological polar surface area (TPSA) is 76.0 Å². The Labute approximate surface area is 164 Å². The van der Waals surface area contributed by atoms with Gasteiger partial charge in [-0.05, 0) is 45.4 Å². The molecule has 7 atom stereocenters. The van der Waals surface area contributed by atoms with E-state index in [9.17, 15) is 15.0 Å². The number of ether oxygens (including phenoxy) is 2. The highest BCUT2D eigenvalue weighted by molar-refractivity contribution is 6.57. The summed E-state index contributed by atoms with van der Waals surface area (Å²) in [4.78, 5) is 11.3. The lowest BCUT2D eigenvalue weighted by molar-refractivity contribution is -0.141. The van der Waals surface area contributed by atoms with Crippen molar-refractivity contribution in [3.05, 3.63) is 23.8 Å². The van der Waals surface area contributed by atoms with Crippen LogP contribution in [0.15, 0.2) is 23.8 Å². The van der Waals surface area contributed by atoms with Crippen molar-refractivity contribution in [1.82, 2.24) is 0 Å². The Morgan fingerprint density at radius 1 is 1.26 bits per heavy atom. The summed E-state index contributed by atoms with van der Waals surface area (Å²) in [6, 6.07) is 0. The number of carbonyl (C=O) groups is 1. The van der Waals surface area contributed by atoms with E-state index in [0.717, 1.165) is 18.4 Å². The SMILES string of the molecule is [BH]C(=O)C[C@@H]1CC(CO)[C@H](O)C(/C=C/C(C)=C/C[C@@H]2O[C@H](C)CC[C@@H]2C)O1. The zero-order valence-electron chi connectivity index (χ0n) is 16.8. The molecule has 151 valence electrons. The molecular formula is C21H34BO5. The molecule has 2 rings (SSSR count). The largest absolute Gasteiger partial charge is 0.396 e. The van der Waals surface area contributed by atoms with Crippen LogP contribution in [0.1, 0.15) is 52.9 Å². The number of hydrogen-bond acceptors (Lipinski definition) is 5. The molecule has 2 heterocycles. The fraction of sp³-hybridized carbons (Fsp3) is 0.762. The van der Waals surface area contributed by atoms with Gasteiger partial charge in [0, 0.05) is 18.9 Å². The fourth-order valence-electron chi connectivity index (χ4n) is 3.92. The van der Waals surface area contributed by atoms with Crippen LogP contribution in [0.3, 0.4) is 0 Å². The number of hydrogen-bond donors (Lipinski definition) is 2. The van der Waals surface area contributed by atoms with Crippen LogP contribution in [0, 0.1) is 11.8 Å². The predicted molar refractivity (Wildman–Crippen MR) is 107 cm³/mol. The van der Waals surface area contributed by atoms with E-state index in [1.54, 1.807) is 0 Å². The molecule has 0 bridgehead atoms. The van der Waals surface area contributed by atoms with Gasteiger partial charge in [0.15, 0.2) is 7.85 Å². The maximum atomic E-state index is 11.3. The van der Waals surface area contributed by atoms with Gasteiger partial charge < -0.3 is 24.5 Å². The van der Waals surface area contributed by atoms with Crippen LogP contribution in [0.25, 0.3) is 0 Å². The van der Waals surface area contributed by atoms with Gasteiger partial charge in [0.05, 0.1) is 30.1 Å². The number of rotatable bonds is 7. The van der Waals surface area contributed by atoms with E-state index in [4.69, 9.17) is 9.47 Å². The van der Waals surface area contributed by atoms with Gasteiger partial charge >= 0.3 is 0 Å². The van der Waals surface area contributed by atoms with E-state index in [1.165, 1.54) is 6.42 Å². The second-order valence-corrected chi connectivity index (χ2v) is 8.22. The van der Waals surface area contributed by atoms with Crippen molar-refractivity contribution >= 4 is 13.5 Å². The normalized spacial score (nSPS) is 38.3. The van der Waals surface area contributed by atoms with Gasteiger partial charge in [-0.3, -0.25) is 0 Å². The third-order valence-electron chi connectivity index (χ3n) is 5.72. The minimum absolute atomic E-state index is 0.124. The molecule has 0 spiro atoms. The van der Waals surface area contributed by atoms with Crippen LogP contribution < -0.4 is 0 Å². The average molecular weight is 377 g/mol. The van der Waals surface area contributed by atoms with E-state index in [-0.39, 0.29) is 36.8 Å². The Morgan fingerprint density at radius 2 is 2.00 bits per heavy atom. The first-order chi connectivity index (χ1) is 12.8. The molecule has 0 aliphatic carbocycles. The monoisotopic (exact) mass is 377 g/mol. The Bertz CT molecular complexity index is 547. The van der Waals surface area contributed by atoms with Crippen LogP contribution in [-0.4, -0.2) is 60.9 Å². The molecule has 2 saturated heterocycles. The first kappa shape index (κ1) is 22.3. The Morgan fingerprint density at radius 3 is 2.67 bits per heavy atom. The third kappa shape index (κ3) is 6.86. The van der Waals surface area contributed by atoms with E-state index < -0.39 is 12.2 Å². The van der Waals surface area contributed by atoms with Crippen molar-refractivity contribution in [2.24, 2.45) is 11.8 Å². The van der Waals surface area contributed by atoms with Crippen molar-refractivity contribution in [2.75, 3.05) is 6.61 Å². The molecule has 2 aliphatic rings. The molecule has 1 radical (unpaired) electrons. The standard InChI is InChI=1S/C21H34BO5/c1-13(4-8-18-14(2)6-7-15(3)26-18)5-9-19-21(25)16(12-23)10-17(27-19)11-20(22)24/h4-5,9,14-19,21-23,25H,6-8,10-12H2,1-3H3/b9-5+,13-4+/t14-,15+,16?,17-,18-,19?,21-/m0/s1. The van der Waals surface area contributed by atoms with Crippen molar-refractivity contribution in [1.29, 1.82) is 0 Å². The van der Waals surface area contributed by atoms with Crippen molar-refractivity contribution in [3.63, 3.8) is 0 Å². The number of allylic oxidation sites excluding steroid dienone is 2. The summed E-state index contributed by atoms with van der Waals surface area (Å²) in [5.74, 6) is 0.268. The quantitative estimate of drug-likeness (QED) is 0.525. The fourth-order valence-corrected chi connectivity index (χ4v) is 3.92. The van der Waals surface area contributed by atoms with E-state index in [0.29, 0.717) is 18.4 Å². The minimum Gasteiger partial charge on any atom is -0.396 e. The second kappa shape index (κ2) is 10.6. The van der Waals surface area contributed by atoms with Gasteiger partial charge in [-0.25, -0.2) is 0 Å². The molecule has 0 aromatic carbocycles. The summed E-state index contributed by atoms with van der Waals surface area (Å²) >= 11 is 0. The number of carbonyl (C=O) groups excluding carboxylic acids is 1. The molecule has 0 saturated carbocycles. The lowest BCUT2D eigenvalue weighted by Crippen LogP contribution is -2.46. The van der Waals surface area contributed by atoms with E-state index in [2.05, 4.69) is 27.8 Å². The highest BCUT2D eigenvalue weighted by Gasteiger charge is 2.36. The van der Waals surface area contributed by atoms with Gasteiger partial charge in [0.1, 0.15) is 6.10 Å². The molecule has 2 N–H and O–H groups in total. The van der Waals surface area contributed by atoms with Crippen molar-refractivity contribution in [3.8, 4) is 0 Å². The number of aliphatic hydroxyl groups excluding tert-OH is 2. The van der Waals surface area contributed by atoms with Gasteiger partial charge in [-0.2, -0.15) is 0 Å². The van der Waals surface area contributed by atoms with Crippen LogP contribution in [-0.2, 0) is 14.3 Å². The predicted octanol–water partition coefficient (Wildman–Crippen LogP) is 2.03. The van der Waals surface area contributed by atoms with Gasteiger partial charge in [-0.15, -0.1) is 0 Å². The lowest BCUT2D eigenvalue weighted by atomic mass is 9.85. The van der Waals surface area contributed by atoms with Crippen LogP contribution >= 0.6 is 0 Å². The van der Waals surface area contributed by atoms with Crippen LogP contribution in [0.2, 0.25) is 0 Å². The maximum absolute atomic E-state index is 11.3. The highest BCUT2D eigenvalue weighted by atomic mass is 16.5. The van der Waals surface area contributed by atoms with Gasteiger partial charge in [0.25, 0.3) is 0 Å². The molecule has 2 unspecified atom stereocenters. The molecule has 0 aromatic rings. The summed E-state index contributed by atoms with van der Waals surface area (Å²) in [5, 5.41) is 19.9. The maximum Gasteiger partial charge on any atom is 0.180 e. The molecule has 5 nitrogen and oxygen atoms in total. The summed E-state index contributed by atoms with van der Waals surface area (Å²) in [5.41, 5.74) is 0.887. The van der Waals surface area contributed by atoms with Crippen LogP contribution in [0.5, 0.6) is 0 Å². The summed E-state index contributed by atoms with van der Waals surface area (Å²) < 4.78 is 11.9. The smallest absolute Gasteiger partial charge is 0.180 e. The molecule has 27 heavy (non-hydrogen) atoms. The summed E-state index contributed by atoms with van der Waals surface area (Å²) in [6.45, 7) is 6.26. The zero-order valence-corrected chi connectivity index (χ0v) is 16.8. The minimum atomic E-state index is -0.780. The summed E-state index contributed by atoms with van der Waals surface area (Å²) in [6.07, 6.45) is 8.73. The Kier molecular flexibility index (Phi) is 8.74. The molecule has 0 aromatic heterocycles. The zero-order chi connectivity index (χ0) is 20.0. The molecule has 6 heteroatoms. The number of aliphatic hydroxyl groups is 2. The van der Waals surface area contributed by atoms with Gasteiger partial charge in [-0.1, -0.05) is 30.7 Å². The van der Waals surface area contributed by atoms with E-state index >= 15 is 0 Å². The van der Waals surface area contributed by atoms with Crippen LogP contribution in [0.4, 0.5) is 0 Å². The summed E-state index contributed by atoms with van der Waals surface area (Å²) in [7, 11) is 3.40. The Hall–Kier alpha value is -0.945. The Balaban J connectivity index is 1.95. The molecule has 2 fully saturated rings. The first-order valence-corrected chi connectivity index (χ1v) is 10.1. The van der Waals surface area contributed by atoms with E-state index in [1.807, 2.05) is 19.1 Å². The van der Waals surface area contributed by atoms with Crippen molar-refractivity contribution < 1.29 is 24.5 Å². The lowest BCUT2D eigenvalue weighted by Gasteiger charge is -2.37. The highest BCUT2D eigenvalue weighted by Crippen LogP contribution is 2.29. The third-order valence-corrected chi connectivity index (χ3v) is 5.72. The van der Waals surface area contributed by atoms with Gasteiger partial charge in [0.2, 0.25) is 0 Å². The molecule has 2 aliphatic heterocycles. The average Bonchev–Trinajstić information content (AvgIpc) is 2.62.